The summed E-state index contributed by atoms with van der Waals surface area (Å²) in [5, 5.41) is 3.90. The number of furan rings is 1. The van der Waals surface area contributed by atoms with Crippen LogP contribution in [0.25, 0.3) is 11.5 Å². The number of amides is 1. The van der Waals surface area contributed by atoms with Crippen LogP contribution in [0.5, 0.6) is 0 Å². The van der Waals surface area contributed by atoms with E-state index in [0.717, 1.165) is 18.6 Å². The number of primary amides is 1. The van der Waals surface area contributed by atoms with E-state index in [1.807, 2.05) is 6.92 Å². The van der Waals surface area contributed by atoms with E-state index >= 15 is 0 Å². The second-order valence-electron chi connectivity index (χ2n) is 4.35. The molecule has 0 aliphatic heterocycles. The number of hydrogen-bond donors (Lipinski definition) is 2. The van der Waals surface area contributed by atoms with Crippen molar-refractivity contribution in [2.75, 3.05) is 6.54 Å². The third-order valence-electron chi connectivity index (χ3n) is 2.84. The summed E-state index contributed by atoms with van der Waals surface area (Å²) in [5.74, 6) is 1.15. The number of carbonyl (C=O) groups is 1. The molecule has 0 aliphatic rings. The van der Waals surface area contributed by atoms with Crippen molar-refractivity contribution in [3.8, 4) is 11.5 Å². The van der Waals surface area contributed by atoms with Crippen LogP contribution in [0.3, 0.4) is 0 Å². The van der Waals surface area contributed by atoms with Gasteiger partial charge in [0, 0.05) is 6.42 Å². The molecule has 0 saturated heterocycles. The molecular weight excluding hydrogens is 246 g/mol. The molecule has 1 amide bonds. The molecule has 0 fully saturated rings. The van der Waals surface area contributed by atoms with E-state index in [2.05, 4.69) is 5.16 Å². The number of aryl methyl sites for hydroxylation is 2. The lowest BCUT2D eigenvalue weighted by molar-refractivity contribution is 0.0998. The molecular formula is C13H17N3O3. The lowest BCUT2D eigenvalue weighted by Crippen LogP contribution is -2.13. The molecule has 102 valence electrons. The first-order valence-corrected chi connectivity index (χ1v) is 6.18. The van der Waals surface area contributed by atoms with Crippen LogP contribution in [0.1, 0.15) is 34.7 Å². The standard InChI is InChI=1S/C13H17N3O3/c1-8-5-6-10(18-8)12-11(13(15)17)9(19-16-12)4-2-3-7-14/h5-6H,2-4,7,14H2,1H3,(H2,15,17). The summed E-state index contributed by atoms with van der Waals surface area (Å²) in [6.45, 7) is 2.42. The van der Waals surface area contributed by atoms with Gasteiger partial charge in [-0.1, -0.05) is 5.16 Å². The molecule has 0 saturated carbocycles. The van der Waals surface area contributed by atoms with Crippen LogP contribution in [0.15, 0.2) is 21.1 Å². The smallest absolute Gasteiger partial charge is 0.254 e. The van der Waals surface area contributed by atoms with Crippen molar-refractivity contribution in [3.05, 3.63) is 29.2 Å². The summed E-state index contributed by atoms with van der Waals surface area (Å²) >= 11 is 0. The zero-order valence-electron chi connectivity index (χ0n) is 10.8. The van der Waals surface area contributed by atoms with E-state index in [0.29, 0.717) is 35.7 Å². The van der Waals surface area contributed by atoms with Gasteiger partial charge in [0.25, 0.3) is 5.91 Å². The summed E-state index contributed by atoms with van der Waals surface area (Å²) in [4.78, 5) is 11.6. The van der Waals surface area contributed by atoms with Gasteiger partial charge in [0.15, 0.2) is 11.5 Å². The van der Waals surface area contributed by atoms with Crippen molar-refractivity contribution in [1.29, 1.82) is 0 Å². The molecule has 2 aromatic rings. The molecule has 6 heteroatoms. The summed E-state index contributed by atoms with van der Waals surface area (Å²) in [6, 6.07) is 3.53. The predicted octanol–water partition coefficient (Wildman–Crippen LogP) is 1.62. The van der Waals surface area contributed by atoms with Crippen LogP contribution >= 0.6 is 0 Å². The van der Waals surface area contributed by atoms with Gasteiger partial charge in [-0.15, -0.1) is 0 Å². The third-order valence-corrected chi connectivity index (χ3v) is 2.84. The van der Waals surface area contributed by atoms with Gasteiger partial charge in [-0.2, -0.15) is 0 Å². The Labute approximate surface area is 110 Å². The number of carbonyl (C=O) groups excluding carboxylic acids is 1. The van der Waals surface area contributed by atoms with Gasteiger partial charge >= 0.3 is 0 Å². The minimum atomic E-state index is -0.562. The largest absolute Gasteiger partial charge is 0.460 e. The molecule has 2 aromatic heterocycles. The molecule has 19 heavy (non-hydrogen) atoms. The highest BCUT2D eigenvalue weighted by atomic mass is 16.5. The molecule has 2 heterocycles. The molecule has 0 aromatic carbocycles. The van der Waals surface area contributed by atoms with Gasteiger partial charge in [-0.3, -0.25) is 4.79 Å². The number of nitrogens with two attached hydrogens (primary N) is 2. The number of unbranched alkanes of at least 4 members (excludes halogenated alkanes) is 1. The summed E-state index contributed by atoms with van der Waals surface area (Å²) < 4.78 is 10.7. The maximum absolute atomic E-state index is 11.6. The maximum Gasteiger partial charge on any atom is 0.254 e. The lowest BCUT2D eigenvalue weighted by atomic mass is 10.1. The highest BCUT2D eigenvalue weighted by Gasteiger charge is 2.23. The average Bonchev–Trinajstić information content (AvgIpc) is 2.95. The summed E-state index contributed by atoms with van der Waals surface area (Å²) in [6.07, 6.45) is 2.26. The van der Waals surface area contributed by atoms with Gasteiger partial charge in [-0.25, -0.2) is 0 Å². The molecule has 0 radical (unpaired) electrons. The first-order valence-electron chi connectivity index (χ1n) is 6.18. The topological polar surface area (TPSA) is 108 Å². The third kappa shape index (κ3) is 2.85. The Morgan fingerprint density at radius 1 is 1.37 bits per heavy atom. The van der Waals surface area contributed by atoms with Crippen molar-refractivity contribution in [2.24, 2.45) is 11.5 Å². The van der Waals surface area contributed by atoms with Gasteiger partial charge < -0.3 is 20.4 Å². The van der Waals surface area contributed by atoms with Crippen molar-refractivity contribution in [3.63, 3.8) is 0 Å². The Bertz CT molecular complexity index is 571. The zero-order chi connectivity index (χ0) is 13.8. The Hall–Kier alpha value is -2.08. The van der Waals surface area contributed by atoms with Crippen LogP contribution < -0.4 is 11.5 Å². The van der Waals surface area contributed by atoms with E-state index < -0.39 is 5.91 Å². The van der Waals surface area contributed by atoms with Crippen LogP contribution in [0.2, 0.25) is 0 Å². The fourth-order valence-corrected chi connectivity index (χ4v) is 1.91. The molecule has 0 bridgehead atoms. The lowest BCUT2D eigenvalue weighted by Gasteiger charge is -1.98. The van der Waals surface area contributed by atoms with Gasteiger partial charge in [0.05, 0.1) is 0 Å². The quantitative estimate of drug-likeness (QED) is 0.770. The monoisotopic (exact) mass is 263 g/mol. The second-order valence-corrected chi connectivity index (χ2v) is 4.35. The highest BCUT2D eigenvalue weighted by molar-refractivity contribution is 5.99. The van der Waals surface area contributed by atoms with E-state index in [1.165, 1.54) is 0 Å². The molecule has 0 aliphatic carbocycles. The van der Waals surface area contributed by atoms with Crippen LogP contribution in [-0.4, -0.2) is 17.6 Å². The number of nitrogens with zero attached hydrogens (tertiary/aromatic N) is 1. The molecule has 0 atom stereocenters. The summed E-state index contributed by atoms with van der Waals surface area (Å²) in [5.41, 5.74) is 11.5. The van der Waals surface area contributed by atoms with E-state index in [9.17, 15) is 4.79 Å². The number of hydrogen-bond acceptors (Lipinski definition) is 5. The fourth-order valence-electron chi connectivity index (χ4n) is 1.91. The van der Waals surface area contributed by atoms with E-state index in [1.54, 1.807) is 12.1 Å². The van der Waals surface area contributed by atoms with Crippen molar-refractivity contribution in [1.82, 2.24) is 5.16 Å². The van der Waals surface area contributed by atoms with Gasteiger partial charge in [0.2, 0.25) is 0 Å². The minimum absolute atomic E-state index is 0.298. The maximum atomic E-state index is 11.6. The van der Waals surface area contributed by atoms with Crippen molar-refractivity contribution >= 4 is 5.91 Å². The number of rotatable bonds is 6. The Morgan fingerprint density at radius 3 is 2.74 bits per heavy atom. The molecule has 4 N–H and O–H groups in total. The van der Waals surface area contributed by atoms with Crippen molar-refractivity contribution < 1.29 is 13.7 Å². The average molecular weight is 263 g/mol. The highest BCUT2D eigenvalue weighted by Crippen LogP contribution is 2.27. The van der Waals surface area contributed by atoms with Crippen LogP contribution in [0, 0.1) is 6.92 Å². The Morgan fingerprint density at radius 2 is 2.16 bits per heavy atom. The Balaban J connectivity index is 2.32. The van der Waals surface area contributed by atoms with Crippen LogP contribution in [0.4, 0.5) is 0 Å². The number of aromatic nitrogens is 1. The van der Waals surface area contributed by atoms with E-state index in [4.69, 9.17) is 20.4 Å². The van der Waals surface area contributed by atoms with Gasteiger partial charge in [-0.05, 0) is 38.4 Å². The second kappa shape index (κ2) is 5.71. The summed E-state index contributed by atoms with van der Waals surface area (Å²) in [7, 11) is 0. The molecule has 6 nitrogen and oxygen atoms in total. The molecule has 2 rings (SSSR count). The first kappa shape index (κ1) is 13.4. The molecule has 0 unspecified atom stereocenters. The fraction of sp³-hybridized carbons (Fsp3) is 0.385. The van der Waals surface area contributed by atoms with Gasteiger partial charge in [0.1, 0.15) is 17.1 Å². The first-order chi connectivity index (χ1) is 9.13. The molecule has 0 spiro atoms. The zero-order valence-corrected chi connectivity index (χ0v) is 10.8. The predicted molar refractivity (Wildman–Crippen MR) is 69.5 cm³/mol. The Kier molecular flexibility index (Phi) is 4.01. The van der Waals surface area contributed by atoms with Crippen LogP contribution in [-0.2, 0) is 6.42 Å². The minimum Gasteiger partial charge on any atom is -0.460 e. The normalized spacial score (nSPS) is 10.8. The van der Waals surface area contributed by atoms with E-state index in [-0.39, 0.29) is 0 Å². The van der Waals surface area contributed by atoms with Crippen molar-refractivity contribution in [2.45, 2.75) is 26.2 Å². The SMILES string of the molecule is Cc1ccc(-c2noc(CCCCN)c2C(N)=O)o1.